The van der Waals surface area contributed by atoms with E-state index in [9.17, 15) is 4.79 Å². The van der Waals surface area contributed by atoms with Crippen molar-refractivity contribution in [3.63, 3.8) is 0 Å². The van der Waals surface area contributed by atoms with Crippen LogP contribution in [0.2, 0.25) is 0 Å². The molecule has 0 unspecified atom stereocenters. The summed E-state index contributed by atoms with van der Waals surface area (Å²) in [5.41, 5.74) is 2.84. The largest absolute Gasteiger partial charge is 0.497 e. The van der Waals surface area contributed by atoms with Crippen molar-refractivity contribution in [3.05, 3.63) is 30.0 Å². The predicted octanol–water partition coefficient (Wildman–Crippen LogP) is 3.49. The molecule has 0 saturated carbocycles. The Kier molecular flexibility index (Phi) is 6.10. The maximum absolute atomic E-state index is 12.1. The third kappa shape index (κ3) is 4.28. The molecule has 1 amide bonds. The van der Waals surface area contributed by atoms with Gasteiger partial charge >= 0.3 is 0 Å². The molecule has 1 heterocycles. The zero-order valence-electron chi connectivity index (χ0n) is 14.0. The van der Waals surface area contributed by atoms with Crippen LogP contribution in [0.3, 0.4) is 0 Å². The average molecular weight is 333 g/mol. The second-order valence-electron chi connectivity index (χ2n) is 5.26. The maximum atomic E-state index is 12.1. The first-order valence-corrected chi connectivity index (χ1v) is 8.78. The number of amides is 1. The van der Waals surface area contributed by atoms with E-state index in [1.54, 1.807) is 23.6 Å². The number of anilines is 1. The van der Waals surface area contributed by atoms with Gasteiger partial charge in [-0.15, -0.1) is 0 Å². The Labute approximate surface area is 141 Å². The van der Waals surface area contributed by atoms with E-state index < -0.39 is 0 Å². The number of methoxy groups -OCH3 is 1. The van der Waals surface area contributed by atoms with Crippen LogP contribution in [0.25, 0.3) is 11.1 Å². The minimum atomic E-state index is 0.00112. The normalized spacial score (nSPS) is 10.6. The van der Waals surface area contributed by atoms with Crippen LogP contribution in [0, 0.1) is 6.92 Å². The Morgan fingerprint density at radius 1 is 1.35 bits per heavy atom. The topological polar surface area (TPSA) is 56.1 Å². The van der Waals surface area contributed by atoms with E-state index in [1.165, 1.54) is 0 Å². The fourth-order valence-electron chi connectivity index (χ4n) is 2.38. The van der Waals surface area contributed by atoms with Crippen LogP contribution in [-0.2, 0) is 11.8 Å². The summed E-state index contributed by atoms with van der Waals surface area (Å²) in [6.45, 7) is 4.05. The maximum Gasteiger partial charge on any atom is 0.235 e. The van der Waals surface area contributed by atoms with Gasteiger partial charge in [0.2, 0.25) is 5.91 Å². The zero-order chi connectivity index (χ0) is 16.8. The summed E-state index contributed by atoms with van der Waals surface area (Å²) in [7, 11) is 3.48. The van der Waals surface area contributed by atoms with Gasteiger partial charge in [0, 0.05) is 12.6 Å². The van der Waals surface area contributed by atoms with Crippen molar-refractivity contribution >= 4 is 23.5 Å². The minimum Gasteiger partial charge on any atom is -0.497 e. The van der Waals surface area contributed by atoms with Crippen LogP contribution in [0.4, 0.5) is 5.82 Å². The number of benzene rings is 1. The molecule has 0 atom stereocenters. The van der Waals surface area contributed by atoms with Crippen LogP contribution in [0.1, 0.15) is 19.0 Å². The molecule has 124 valence electrons. The lowest BCUT2D eigenvalue weighted by molar-refractivity contribution is -0.113. The molecule has 1 aromatic carbocycles. The second kappa shape index (κ2) is 8.06. The fraction of sp³-hybridized carbons (Fsp3) is 0.412. The molecule has 0 saturated heterocycles. The third-order valence-electron chi connectivity index (χ3n) is 3.44. The number of nitrogens with one attached hydrogen (secondary N) is 1. The van der Waals surface area contributed by atoms with Gasteiger partial charge in [-0.05, 0) is 36.8 Å². The SMILES string of the molecule is CCCSCC(=O)Nc1c(-c2ccc(OC)cc2)c(C)nn1C. The van der Waals surface area contributed by atoms with Gasteiger partial charge in [0.15, 0.2) is 0 Å². The number of hydrogen-bond donors (Lipinski definition) is 1. The van der Waals surface area contributed by atoms with Gasteiger partial charge in [-0.25, -0.2) is 0 Å². The van der Waals surface area contributed by atoms with Gasteiger partial charge in [0.1, 0.15) is 11.6 Å². The predicted molar refractivity (Wildman–Crippen MR) is 96.2 cm³/mol. The first kappa shape index (κ1) is 17.4. The molecule has 2 rings (SSSR count). The van der Waals surface area contributed by atoms with Gasteiger partial charge in [-0.1, -0.05) is 19.1 Å². The summed E-state index contributed by atoms with van der Waals surface area (Å²) in [4.78, 5) is 12.1. The molecule has 2 aromatic rings. The van der Waals surface area contributed by atoms with Crippen LogP contribution in [0.5, 0.6) is 5.75 Å². The standard InChI is InChI=1S/C17H23N3O2S/c1-5-10-23-11-15(21)18-17-16(12(2)19-20(17)3)13-6-8-14(22-4)9-7-13/h6-9H,5,10-11H2,1-4H3,(H,18,21). The highest BCUT2D eigenvalue weighted by molar-refractivity contribution is 7.99. The van der Waals surface area contributed by atoms with Crippen molar-refractivity contribution in [2.45, 2.75) is 20.3 Å². The number of carbonyl (C=O) groups is 1. The van der Waals surface area contributed by atoms with Crippen LogP contribution in [-0.4, -0.2) is 34.3 Å². The lowest BCUT2D eigenvalue weighted by Gasteiger charge is -2.09. The van der Waals surface area contributed by atoms with Gasteiger partial charge in [-0.2, -0.15) is 16.9 Å². The van der Waals surface area contributed by atoms with Crippen molar-refractivity contribution in [2.75, 3.05) is 23.9 Å². The van der Waals surface area contributed by atoms with Crippen molar-refractivity contribution in [1.82, 2.24) is 9.78 Å². The molecule has 1 N–H and O–H groups in total. The van der Waals surface area contributed by atoms with E-state index in [1.807, 2.05) is 38.2 Å². The third-order valence-corrected chi connectivity index (χ3v) is 4.60. The lowest BCUT2D eigenvalue weighted by atomic mass is 10.1. The zero-order valence-corrected chi connectivity index (χ0v) is 14.9. The number of thioether (sulfide) groups is 1. The first-order valence-electron chi connectivity index (χ1n) is 7.62. The summed E-state index contributed by atoms with van der Waals surface area (Å²) >= 11 is 1.64. The van der Waals surface area contributed by atoms with E-state index in [4.69, 9.17) is 4.74 Å². The molecule has 1 aromatic heterocycles. The summed E-state index contributed by atoms with van der Waals surface area (Å²) < 4.78 is 6.92. The molecular formula is C17H23N3O2S. The lowest BCUT2D eigenvalue weighted by Crippen LogP contribution is -2.17. The van der Waals surface area contributed by atoms with E-state index >= 15 is 0 Å². The number of hydrogen-bond acceptors (Lipinski definition) is 4. The Bertz CT molecular complexity index is 665. The number of carbonyl (C=O) groups excluding carboxylic acids is 1. The number of nitrogens with zero attached hydrogens (tertiary/aromatic N) is 2. The van der Waals surface area contributed by atoms with E-state index in [2.05, 4.69) is 17.3 Å². The molecule has 0 bridgehead atoms. The van der Waals surface area contributed by atoms with E-state index in [0.717, 1.165) is 40.6 Å². The average Bonchev–Trinajstić information content (AvgIpc) is 2.81. The van der Waals surface area contributed by atoms with Crippen molar-refractivity contribution in [2.24, 2.45) is 7.05 Å². The van der Waals surface area contributed by atoms with Crippen molar-refractivity contribution in [3.8, 4) is 16.9 Å². The number of aryl methyl sites for hydroxylation is 2. The minimum absolute atomic E-state index is 0.00112. The van der Waals surface area contributed by atoms with Crippen LogP contribution < -0.4 is 10.1 Å². The molecule has 0 aliphatic rings. The number of rotatable bonds is 7. The van der Waals surface area contributed by atoms with Crippen LogP contribution in [0.15, 0.2) is 24.3 Å². The molecule has 0 fully saturated rings. The highest BCUT2D eigenvalue weighted by Gasteiger charge is 2.17. The first-order chi connectivity index (χ1) is 11.1. The number of ether oxygens (including phenoxy) is 1. The molecular weight excluding hydrogens is 310 g/mol. The highest BCUT2D eigenvalue weighted by atomic mass is 32.2. The second-order valence-corrected chi connectivity index (χ2v) is 6.37. The van der Waals surface area contributed by atoms with Gasteiger partial charge in [0.25, 0.3) is 0 Å². The van der Waals surface area contributed by atoms with Gasteiger partial charge < -0.3 is 10.1 Å². The van der Waals surface area contributed by atoms with E-state index in [-0.39, 0.29) is 5.91 Å². The van der Waals surface area contributed by atoms with Gasteiger partial charge in [-0.3, -0.25) is 9.48 Å². The number of aromatic nitrogens is 2. The summed E-state index contributed by atoms with van der Waals surface area (Å²) in [5, 5.41) is 7.44. The summed E-state index contributed by atoms with van der Waals surface area (Å²) in [6, 6.07) is 7.77. The molecule has 0 aliphatic carbocycles. The fourth-order valence-corrected chi connectivity index (χ4v) is 3.07. The molecule has 0 radical (unpaired) electrons. The van der Waals surface area contributed by atoms with E-state index in [0.29, 0.717) is 5.75 Å². The van der Waals surface area contributed by atoms with Crippen molar-refractivity contribution in [1.29, 1.82) is 0 Å². The van der Waals surface area contributed by atoms with Crippen molar-refractivity contribution < 1.29 is 9.53 Å². The van der Waals surface area contributed by atoms with Crippen LogP contribution >= 0.6 is 11.8 Å². The molecule has 6 heteroatoms. The highest BCUT2D eigenvalue weighted by Crippen LogP contribution is 2.32. The monoisotopic (exact) mass is 333 g/mol. The molecule has 0 aliphatic heterocycles. The summed E-state index contributed by atoms with van der Waals surface area (Å²) in [5.74, 6) is 2.98. The van der Waals surface area contributed by atoms with Gasteiger partial charge in [0.05, 0.1) is 18.6 Å². The Balaban J connectivity index is 2.24. The quantitative estimate of drug-likeness (QED) is 0.788. The Hall–Kier alpha value is -1.95. The molecule has 23 heavy (non-hydrogen) atoms. The Morgan fingerprint density at radius 2 is 2.04 bits per heavy atom. The molecule has 0 spiro atoms. The molecule has 5 nitrogen and oxygen atoms in total. The summed E-state index contributed by atoms with van der Waals surface area (Å²) in [6.07, 6.45) is 1.07. The smallest absolute Gasteiger partial charge is 0.235 e. The Morgan fingerprint density at radius 3 is 2.65 bits per heavy atom.